The van der Waals surface area contributed by atoms with Crippen LogP contribution in [0.4, 0.5) is 5.69 Å². The molecule has 0 saturated heterocycles. The summed E-state index contributed by atoms with van der Waals surface area (Å²) in [7, 11) is 0. The average molecular weight is 377 g/mol. The van der Waals surface area contributed by atoms with Gasteiger partial charge in [0.2, 0.25) is 4.80 Å². The first kappa shape index (κ1) is 16.6. The molecule has 0 aliphatic heterocycles. The highest BCUT2D eigenvalue weighted by Crippen LogP contribution is 2.25. The number of hydrogen-bond acceptors (Lipinski definition) is 5. The largest absolute Gasteiger partial charge is 0.265 e. The number of thiazole rings is 1. The third-order valence-corrected chi connectivity index (χ3v) is 5.45. The van der Waals surface area contributed by atoms with Crippen molar-refractivity contribution < 1.29 is 0 Å². The van der Waals surface area contributed by atoms with Crippen molar-refractivity contribution in [2.45, 2.75) is 6.92 Å². The molecule has 0 aliphatic carbocycles. The first-order valence-electron chi connectivity index (χ1n) is 8.10. The highest BCUT2D eigenvalue weighted by Gasteiger charge is 2.08. The molecule has 0 N–H and O–H groups in total. The number of rotatable bonds is 4. The van der Waals surface area contributed by atoms with E-state index in [9.17, 15) is 0 Å². The lowest BCUT2D eigenvalue weighted by Gasteiger charge is -2.01. The molecule has 0 unspecified atom stereocenters. The number of aromatic nitrogens is 2. The summed E-state index contributed by atoms with van der Waals surface area (Å²) in [5.41, 5.74) is 4.18. The highest BCUT2D eigenvalue weighted by atomic mass is 32.1. The summed E-state index contributed by atoms with van der Waals surface area (Å²) in [4.78, 5) is 10.8. The van der Waals surface area contributed by atoms with Crippen molar-refractivity contribution in [2.24, 2.45) is 10.1 Å². The van der Waals surface area contributed by atoms with E-state index in [0.29, 0.717) is 0 Å². The molecule has 128 valence electrons. The van der Waals surface area contributed by atoms with Gasteiger partial charge < -0.3 is 0 Å². The lowest BCUT2D eigenvalue weighted by atomic mass is 10.2. The number of aryl methyl sites for hydroxylation is 1. The first-order chi connectivity index (χ1) is 12.8. The van der Waals surface area contributed by atoms with Gasteiger partial charge in [-0.1, -0.05) is 23.8 Å². The van der Waals surface area contributed by atoms with Crippen LogP contribution < -0.4 is 4.80 Å². The van der Waals surface area contributed by atoms with Crippen molar-refractivity contribution in [3.63, 3.8) is 0 Å². The first-order valence-corrected chi connectivity index (χ1v) is 9.86. The van der Waals surface area contributed by atoms with Crippen molar-refractivity contribution >= 4 is 34.6 Å². The summed E-state index contributed by atoms with van der Waals surface area (Å²) in [5.74, 6) is 0. The molecule has 0 aliphatic rings. The van der Waals surface area contributed by atoms with Gasteiger partial charge >= 0.3 is 0 Å². The lowest BCUT2D eigenvalue weighted by molar-refractivity contribution is 0.856. The predicted octanol–water partition coefficient (Wildman–Crippen LogP) is 5.10. The summed E-state index contributed by atoms with van der Waals surface area (Å²) in [6, 6.07) is 16.2. The number of pyridine rings is 1. The van der Waals surface area contributed by atoms with Crippen LogP contribution in [-0.4, -0.2) is 15.9 Å². The van der Waals surface area contributed by atoms with E-state index in [0.717, 1.165) is 21.7 Å². The fraction of sp³-hybridized carbons (Fsp3) is 0.0500. The van der Waals surface area contributed by atoms with Gasteiger partial charge in [0.05, 0.1) is 22.5 Å². The van der Waals surface area contributed by atoms with Crippen LogP contribution in [0, 0.1) is 6.92 Å². The quantitative estimate of drug-likeness (QED) is 0.457. The van der Waals surface area contributed by atoms with Crippen molar-refractivity contribution in [2.75, 3.05) is 0 Å². The van der Waals surface area contributed by atoms with Gasteiger partial charge in [0.25, 0.3) is 0 Å². The number of benzene rings is 1. The van der Waals surface area contributed by atoms with Crippen molar-refractivity contribution in [3.8, 4) is 10.6 Å². The smallest absolute Gasteiger partial charge is 0.211 e. The van der Waals surface area contributed by atoms with E-state index in [2.05, 4.69) is 40.9 Å². The predicted molar refractivity (Wildman–Crippen MR) is 109 cm³/mol. The second-order valence-corrected chi connectivity index (χ2v) is 7.45. The molecule has 6 heteroatoms. The fourth-order valence-corrected chi connectivity index (χ4v) is 4.04. The lowest BCUT2D eigenvalue weighted by Crippen LogP contribution is -2.11. The van der Waals surface area contributed by atoms with Crippen LogP contribution >= 0.6 is 22.7 Å². The minimum atomic E-state index is 0.836. The molecule has 0 amide bonds. The van der Waals surface area contributed by atoms with Gasteiger partial charge in [0, 0.05) is 17.8 Å². The molecule has 0 radical (unpaired) electrons. The molecule has 4 nitrogen and oxygen atoms in total. The minimum Gasteiger partial charge on any atom is -0.265 e. The van der Waals surface area contributed by atoms with Crippen LogP contribution in [0.3, 0.4) is 0 Å². The van der Waals surface area contributed by atoms with Gasteiger partial charge in [-0.3, -0.25) is 4.98 Å². The Morgan fingerprint density at radius 1 is 1.00 bits per heavy atom. The molecule has 0 spiro atoms. The summed E-state index contributed by atoms with van der Waals surface area (Å²) < 4.78 is 1.90. The van der Waals surface area contributed by atoms with Crippen LogP contribution in [0.1, 0.15) is 11.1 Å². The monoisotopic (exact) mass is 376 g/mol. The SMILES string of the molecule is Cc1ccc(N=c2scc(-c3cccs3)n2N=Cc2ccncc2)cc1. The van der Waals surface area contributed by atoms with E-state index >= 15 is 0 Å². The van der Waals surface area contributed by atoms with Crippen LogP contribution in [0.25, 0.3) is 10.6 Å². The molecule has 3 aromatic heterocycles. The fourth-order valence-electron chi connectivity index (χ4n) is 2.39. The maximum atomic E-state index is 4.79. The van der Waals surface area contributed by atoms with E-state index in [4.69, 9.17) is 10.1 Å². The number of thiophene rings is 1. The third-order valence-electron chi connectivity index (χ3n) is 3.75. The van der Waals surface area contributed by atoms with Gasteiger partial charge in [-0.05, 0) is 48.2 Å². The molecule has 0 atom stereocenters. The van der Waals surface area contributed by atoms with Crippen LogP contribution in [0.2, 0.25) is 0 Å². The molecular weight excluding hydrogens is 360 g/mol. The average Bonchev–Trinajstić information content (AvgIpc) is 3.32. The zero-order valence-corrected chi connectivity index (χ0v) is 15.7. The molecule has 0 bridgehead atoms. The Balaban J connectivity index is 1.82. The number of nitrogens with zero attached hydrogens (tertiary/aromatic N) is 4. The molecule has 0 fully saturated rings. The van der Waals surface area contributed by atoms with Gasteiger partial charge in [0.15, 0.2) is 0 Å². The second kappa shape index (κ2) is 7.59. The van der Waals surface area contributed by atoms with E-state index < -0.39 is 0 Å². The topological polar surface area (TPSA) is 42.5 Å². The van der Waals surface area contributed by atoms with Crippen LogP contribution in [0.15, 0.2) is 81.8 Å². The van der Waals surface area contributed by atoms with Crippen LogP contribution in [0.5, 0.6) is 0 Å². The zero-order chi connectivity index (χ0) is 17.8. The number of hydrogen-bond donors (Lipinski definition) is 0. The van der Waals surface area contributed by atoms with Crippen molar-refractivity contribution in [1.29, 1.82) is 0 Å². The second-order valence-electron chi connectivity index (χ2n) is 5.67. The highest BCUT2D eigenvalue weighted by molar-refractivity contribution is 7.14. The van der Waals surface area contributed by atoms with Crippen LogP contribution in [-0.2, 0) is 0 Å². The standard InChI is InChI=1S/C20H16N4S2/c1-15-4-6-17(7-5-15)23-20-24(22-13-16-8-10-21-11-9-16)18(14-26-20)19-3-2-12-25-19/h2-14H,1H3. The Bertz CT molecular complexity index is 1070. The summed E-state index contributed by atoms with van der Waals surface area (Å²) in [5, 5.41) is 8.86. The van der Waals surface area contributed by atoms with Gasteiger partial charge in [-0.15, -0.1) is 22.7 Å². The summed E-state index contributed by atoms with van der Waals surface area (Å²) in [6.45, 7) is 2.07. The molecular formula is C20H16N4S2. The Morgan fingerprint density at radius 3 is 2.54 bits per heavy atom. The Hall–Kier alpha value is -2.83. The third kappa shape index (κ3) is 3.71. The van der Waals surface area contributed by atoms with Gasteiger partial charge in [-0.2, -0.15) is 5.10 Å². The maximum absolute atomic E-state index is 4.79. The van der Waals surface area contributed by atoms with Gasteiger partial charge in [0.1, 0.15) is 0 Å². The van der Waals surface area contributed by atoms with E-state index in [1.165, 1.54) is 10.4 Å². The maximum Gasteiger partial charge on any atom is 0.211 e. The molecule has 26 heavy (non-hydrogen) atoms. The molecule has 1 aromatic carbocycles. The molecule has 4 aromatic rings. The van der Waals surface area contributed by atoms with Crippen molar-refractivity contribution in [1.82, 2.24) is 9.66 Å². The zero-order valence-electron chi connectivity index (χ0n) is 14.1. The van der Waals surface area contributed by atoms with Crippen molar-refractivity contribution in [3.05, 3.63) is 87.6 Å². The normalized spacial score (nSPS) is 12.1. The van der Waals surface area contributed by atoms with E-state index in [-0.39, 0.29) is 0 Å². The molecule has 3 heterocycles. The van der Waals surface area contributed by atoms with Gasteiger partial charge in [-0.25, -0.2) is 9.67 Å². The molecule has 4 rings (SSSR count). The Labute approximate surface area is 159 Å². The Kier molecular flexibility index (Phi) is 4.86. The summed E-state index contributed by atoms with van der Waals surface area (Å²) in [6.07, 6.45) is 5.36. The Morgan fingerprint density at radius 2 is 1.81 bits per heavy atom. The molecule has 0 saturated carbocycles. The van der Waals surface area contributed by atoms with E-state index in [1.807, 2.05) is 41.2 Å². The minimum absolute atomic E-state index is 0.836. The van der Waals surface area contributed by atoms with E-state index in [1.54, 1.807) is 35.1 Å². The summed E-state index contributed by atoms with van der Waals surface area (Å²) >= 11 is 3.28.